The molecule has 8 heteroatoms. The molecular weight excluding hydrogens is 444 g/mol. The molecule has 8 nitrogen and oxygen atoms in total. The lowest BCUT2D eigenvalue weighted by Crippen LogP contribution is -2.48. The predicted octanol–water partition coefficient (Wildman–Crippen LogP) is 3.59. The Morgan fingerprint density at radius 1 is 0.943 bits per heavy atom. The van der Waals surface area contributed by atoms with E-state index >= 15 is 0 Å². The Labute approximate surface area is 205 Å². The predicted molar refractivity (Wildman–Crippen MR) is 134 cm³/mol. The van der Waals surface area contributed by atoms with Crippen LogP contribution in [0.3, 0.4) is 0 Å². The first kappa shape index (κ1) is 24.5. The van der Waals surface area contributed by atoms with Gasteiger partial charge in [0, 0.05) is 24.6 Å². The van der Waals surface area contributed by atoms with Crippen molar-refractivity contribution >= 4 is 28.5 Å². The molecule has 0 saturated carbocycles. The maximum Gasteiger partial charge on any atom is 0.305 e. The van der Waals surface area contributed by atoms with Crippen LogP contribution in [0.2, 0.25) is 0 Å². The highest BCUT2D eigenvalue weighted by atomic mass is 16.4. The zero-order chi connectivity index (χ0) is 24.8. The van der Waals surface area contributed by atoms with E-state index in [1.807, 2.05) is 42.5 Å². The summed E-state index contributed by atoms with van der Waals surface area (Å²) in [6.07, 6.45) is 1.07. The minimum Gasteiger partial charge on any atom is -0.454 e. The molecule has 1 saturated heterocycles. The number of carbonyl (C=O) groups excluding carboxylic acids is 3. The second-order valence-electron chi connectivity index (χ2n) is 8.76. The van der Waals surface area contributed by atoms with E-state index in [-0.39, 0.29) is 23.5 Å². The first-order valence-corrected chi connectivity index (χ1v) is 12.2. The summed E-state index contributed by atoms with van der Waals surface area (Å²) in [5.74, 6) is -0.191. The van der Waals surface area contributed by atoms with Crippen LogP contribution in [0.1, 0.15) is 53.4 Å². The number of likely N-dealkylation sites (tertiary alicyclic amines) is 1. The standard InChI is InChI=1S/C27H32N4O4/c1-3-30(4-2)18-21-12-13-24(35-21)26(33)29-28-25(32)20-14-16-31(17-15-20)27(34)23-11-7-9-19-8-5-6-10-22(19)23/h5-13,20H,3-4,14-18H2,1-2H3,(H,28,32)(H,29,33). The highest BCUT2D eigenvalue weighted by molar-refractivity contribution is 6.07. The third-order valence-electron chi connectivity index (χ3n) is 6.63. The van der Waals surface area contributed by atoms with Crippen molar-refractivity contribution in [2.45, 2.75) is 33.2 Å². The molecule has 35 heavy (non-hydrogen) atoms. The minimum absolute atomic E-state index is 0.0210. The summed E-state index contributed by atoms with van der Waals surface area (Å²) in [4.78, 5) is 42.1. The molecule has 1 aliphatic rings. The molecular formula is C27H32N4O4. The van der Waals surface area contributed by atoms with Crippen LogP contribution in [0.25, 0.3) is 10.8 Å². The zero-order valence-electron chi connectivity index (χ0n) is 20.3. The highest BCUT2D eigenvalue weighted by Crippen LogP contribution is 2.23. The number of piperidine rings is 1. The van der Waals surface area contributed by atoms with Gasteiger partial charge in [-0.2, -0.15) is 0 Å². The molecule has 2 N–H and O–H groups in total. The van der Waals surface area contributed by atoms with Gasteiger partial charge in [-0.3, -0.25) is 30.1 Å². The molecule has 0 bridgehead atoms. The summed E-state index contributed by atoms with van der Waals surface area (Å²) in [5.41, 5.74) is 5.63. The zero-order valence-corrected chi connectivity index (χ0v) is 20.3. The van der Waals surface area contributed by atoms with E-state index in [1.165, 1.54) is 0 Å². The van der Waals surface area contributed by atoms with Crippen molar-refractivity contribution in [1.29, 1.82) is 0 Å². The highest BCUT2D eigenvalue weighted by Gasteiger charge is 2.29. The maximum absolute atomic E-state index is 13.1. The van der Waals surface area contributed by atoms with Gasteiger partial charge in [-0.1, -0.05) is 50.2 Å². The molecule has 184 valence electrons. The summed E-state index contributed by atoms with van der Waals surface area (Å²) >= 11 is 0. The van der Waals surface area contributed by atoms with Gasteiger partial charge in [0.1, 0.15) is 5.76 Å². The summed E-state index contributed by atoms with van der Waals surface area (Å²) in [5, 5.41) is 1.96. The topological polar surface area (TPSA) is 94.9 Å². The van der Waals surface area contributed by atoms with Crippen molar-refractivity contribution in [3.63, 3.8) is 0 Å². The van der Waals surface area contributed by atoms with E-state index in [4.69, 9.17) is 4.42 Å². The van der Waals surface area contributed by atoms with E-state index < -0.39 is 5.91 Å². The largest absolute Gasteiger partial charge is 0.454 e. The molecule has 3 amide bonds. The number of carbonyl (C=O) groups is 3. The van der Waals surface area contributed by atoms with Crippen LogP contribution >= 0.6 is 0 Å². The van der Waals surface area contributed by atoms with Crippen molar-refractivity contribution in [1.82, 2.24) is 20.7 Å². The van der Waals surface area contributed by atoms with Crippen LogP contribution in [0, 0.1) is 5.92 Å². The second-order valence-corrected chi connectivity index (χ2v) is 8.76. The third kappa shape index (κ3) is 5.71. The van der Waals surface area contributed by atoms with Gasteiger partial charge in [0.15, 0.2) is 5.76 Å². The van der Waals surface area contributed by atoms with Crippen molar-refractivity contribution in [3.05, 3.63) is 71.7 Å². The molecule has 1 aliphatic heterocycles. The Balaban J connectivity index is 1.27. The molecule has 3 aromatic rings. The smallest absolute Gasteiger partial charge is 0.305 e. The van der Waals surface area contributed by atoms with Crippen molar-refractivity contribution < 1.29 is 18.8 Å². The number of amides is 3. The lowest BCUT2D eigenvalue weighted by atomic mass is 9.95. The number of hydrogen-bond acceptors (Lipinski definition) is 5. The molecule has 2 heterocycles. The van der Waals surface area contributed by atoms with Crippen LogP contribution in [0.4, 0.5) is 0 Å². The summed E-state index contributed by atoms with van der Waals surface area (Å²) < 4.78 is 5.62. The molecule has 0 spiro atoms. The van der Waals surface area contributed by atoms with Crippen LogP contribution < -0.4 is 10.9 Å². The molecule has 4 rings (SSSR count). The Kier molecular flexibility index (Phi) is 7.82. The SMILES string of the molecule is CCN(CC)Cc1ccc(C(=O)NNC(=O)C2CCN(C(=O)c3cccc4ccccc34)CC2)o1. The van der Waals surface area contributed by atoms with Gasteiger partial charge in [0.25, 0.3) is 5.91 Å². The average Bonchev–Trinajstić information content (AvgIpc) is 3.38. The van der Waals surface area contributed by atoms with Gasteiger partial charge < -0.3 is 9.32 Å². The number of benzene rings is 2. The summed E-state index contributed by atoms with van der Waals surface area (Å²) in [7, 11) is 0. The van der Waals surface area contributed by atoms with Gasteiger partial charge in [-0.25, -0.2) is 0 Å². The molecule has 1 fully saturated rings. The number of nitrogens with one attached hydrogen (secondary N) is 2. The summed E-state index contributed by atoms with van der Waals surface area (Å²) in [6, 6.07) is 16.9. The first-order chi connectivity index (χ1) is 17.0. The Bertz CT molecular complexity index is 1190. The number of nitrogens with zero attached hydrogens (tertiary/aromatic N) is 2. The first-order valence-electron chi connectivity index (χ1n) is 12.2. The van der Waals surface area contributed by atoms with Gasteiger partial charge in [0.2, 0.25) is 5.91 Å². The lowest BCUT2D eigenvalue weighted by molar-refractivity contribution is -0.127. The van der Waals surface area contributed by atoms with E-state index in [9.17, 15) is 14.4 Å². The fraction of sp³-hybridized carbons (Fsp3) is 0.370. The van der Waals surface area contributed by atoms with E-state index in [1.54, 1.807) is 17.0 Å². The van der Waals surface area contributed by atoms with E-state index in [0.717, 1.165) is 23.9 Å². The maximum atomic E-state index is 13.1. The molecule has 2 aromatic carbocycles. The van der Waals surface area contributed by atoms with E-state index in [0.29, 0.717) is 43.8 Å². The third-order valence-corrected chi connectivity index (χ3v) is 6.63. The monoisotopic (exact) mass is 476 g/mol. The van der Waals surface area contributed by atoms with Crippen molar-refractivity contribution in [2.75, 3.05) is 26.2 Å². The Morgan fingerprint density at radius 2 is 1.66 bits per heavy atom. The fourth-order valence-corrected chi connectivity index (χ4v) is 4.46. The molecule has 0 atom stereocenters. The minimum atomic E-state index is -0.493. The van der Waals surface area contributed by atoms with Crippen molar-refractivity contribution in [3.8, 4) is 0 Å². The van der Waals surface area contributed by atoms with Crippen molar-refractivity contribution in [2.24, 2.45) is 5.92 Å². The number of furan rings is 1. The quantitative estimate of drug-likeness (QED) is 0.508. The number of fused-ring (bicyclic) bond motifs is 1. The number of hydrogen-bond donors (Lipinski definition) is 2. The average molecular weight is 477 g/mol. The molecule has 0 aliphatic carbocycles. The molecule has 1 aromatic heterocycles. The Morgan fingerprint density at radius 3 is 2.40 bits per heavy atom. The van der Waals surface area contributed by atoms with Gasteiger partial charge in [-0.15, -0.1) is 0 Å². The number of rotatable bonds is 7. The molecule has 0 unspecified atom stereocenters. The molecule has 0 radical (unpaired) electrons. The van der Waals surface area contributed by atoms with Crippen LogP contribution in [0.15, 0.2) is 59.0 Å². The number of hydrazine groups is 1. The van der Waals surface area contributed by atoms with Crippen LogP contribution in [-0.2, 0) is 11.3 Å². The lowest BCUT2D eigenvalue weighted by Gasteiger charge is -2.31. The second kappa shape index (κ2) is 11.2. The van der Waals surface area contributed by atoms with Gasteiger partial charge >= 0.3 is 5.91 Å². The normalized spacial score (nSPS) is 14.3. The van der Waals surface area contributed by atoms with Gasteiger partial charge in [0.05, 0.1) is 6.54 Å². The Hall–Kier alpha value is -3.65. The fourth-order valence-electron chi connectivity index (χ4n) is 4.46. The van der Waals surface area contributed by atoms with E-state index in [2.05, 4.69) is 29.6 Å². The van der Waals surface area contributed by atoms with Crippen LogP contribution in [0.5, 0.6) is 0 Å². The van der Waals surface area contributed by atoms with Gasteiger partial charge in [-0.05, 0) is 54.9 Å². The summed E-state index contributed by atoms with van der Waals surface area (Å²) in [6.45, 7) is 7.52. The van der Waals surface area contributed by atoms with Crippen LogP contribution in [-0.4, -0.2) is 53.7 Å².